The molecule has 0 unspecified atom stereocenters. The predicted octanol–water partition coefficient (Wildman–Crippen LogP) is 4.53. The van der Waals surface area contributed by atoms with Crippen LogP contribution in [0.3, 0.4) is 0 Å². The molecule has 5 heteroatoms. The van der Waals surface area contributed by atoms with Crippen molar-refractivity contribution in [1.82, 2.24) is 20.3 Å². The van der Waals surface area contributed by atoms with Crippen LogP contribution < -0.4 is 5.32 Å². The Morgan fingerprint density at radius 3 is 2.44 bits per heavy atom. The van der Waals surface area contributed by atoms with Gasteiger partial charge in [-0.15, -0.1) is 0 Å². The minimum Gasteiger partial charge on any atom is -0.309 e. The molecular formula is C20H23ClN4. The molecule has 0 fully saturated rings. The molecule has 0 radical (unpaired) electrons. The van der Waals surface area contributed by atoms with E-state index in [2.05, 4.69) is 31.3 Å². The van der Waals surface area contributed by atoms with Gasteiger partial charge in [0.25, 0.3) is 0 Å². The Labute approximate surface area is 153 Å². The second-order valence-corrected chi connectivity index (χ2v) is 6.64. The molecule has 0 amide bonds. The molecule has 0 aliphatic rings. The van der Waals surface area contributed by atoms with Crippen LogP contribution in [-0.2, 0) is 13.1 Å². The van der Waals surface area contributed by atoms with E-state index < -0.39 is 0 Å². The van der Waals surface area contributed by atoms with Crippen molar-refractivity contribution < 1.29 is 0 Å². The maximum absolute atomic E-state index is 5.96. The first-order chi connectivity index (χ1) is 12.2. The van der Waals surface area contributed by atoms with E-state index in [1.807, 2.05) is 42.5 Å². The Kier molecular flexibility index (Phi) is 5.84. The predicted molar refractivity (Wildman–Crippen MR) is 103 cm³/mol. The topological polar surface area (TPSA) is 42.7 Å². The molecule has 0 saturated carbocycles. The SMILES string of the molecule is CC[C@H](C)NCc1nn(Cc2ccc(Cl)cc2)nc1-c1ccccc1. The van der Waals surface area contributed by atoms with E-state index >= 15 is 0 Å². The average molecular weight is 355 g/mol. The Bertz CT molecular complexity index is 796. The Morgan fingerprint density at radius 1 is 1.04 bits per heavy atom. The highest BCUT2D eigenvalue weighted by Crippen LogP contribution is 2.20. The lowest BCUT2D eigenvalue weighted by Crippen LogP contribution is -2.25. The van der Waals surface area contributed by atoms with Gasteiger partial charge in [0, 0.05) is 23.2 Å². The summed E-state index contributed by atoms with van der Waals surface area (Å²) < 4.78 is 0. The third-order valence-electron chi connectivity index (χ3n) is 4.24. The zero-order valence-electron chi connectivity index (χ0n) is 14.6. The zero-order chi connectivity index (χ0) is 17.6. The number of benzene rings is 2. The van der Waals surface area contributed by atoms with Crippen molar-refractivity contribution in [3.05, 3.63) is 70.9 Å². The summed E-state index contributed by atoms with van der Waals surface area (Å²) in [7, 11) is 0. The molecule has 1 heterocycles. The molecule has 1 aromatic heterocycles. The number of hydrogen-bond donors (Lipinski definition) is 1. The summed E-state index contributed by atoms with van der Waals surface area (Å²) >= 11 is 5.96. The summed E-state index contributed by atoms with van der Waals surface area (Å²) in [6, 6.07) is 18.5. The third kappa shape index (κ3) is 4.68. The standard InChI is InChI=1S/C20H23ClN4/c1-3-15(2)22-13-19-20(17-7-5-4-6-8-17)24-25(23-19)14-16-9-11-18(21)12-10-16/h4-12,15,22H,3,13-14H2,1-2H3/t15-/m0/s1. The fourth-order valence-corrected chi connectivity index (χ4v) is 2.69. The van der Waals surface area contributed by atoms with E-state index in [0.29, 0.717) is 19.1 Å². The van der Waals surface area contributed by atoms with Crippen LogP contribution >= 0.6 is 11.6 Å². The van der Waals surface area contributed by atoms with Crippen molar-refractivity contribution >= 4 is 11.6 Å². The second-order valence-electron chi connectivity index (χ2n) is 6.21. The fraction of sp³-hybridized carbons (Fsp3) is 0.300. The van der Waals surface area contributed by atoms with Crippen molar-refractivity contribution in [3.8, 4) is 11.3 Å². The van der Waals surface area contributed by atoms with Crippen LogP contribution in [0.2, 0.25) is 5.02 Å². The highest BCUT2D eigenvalue weighted by molar-refractivity contribution is 6.30. The van der Waals surface area contributed by atoms with Gasteiger partial charge in [-0.05, 0) is 31.0 Å². The summed E-state index contributed by atoms with van der Waals surface area (Å²) in [5, 5.41) is 13.7. The first kappa shape index (κ1) is 17.6. The monoisotopic (exact) mass is 354 g/mol. The van der Waals surface area contributed by atoms with E-state index in [1.165, 1.54) is 0 Å². The van der Waals surface area contributed by atoms with Crippen LogP contribution in [-0.4, -0.2) is 21.0 Å². The molecule has 0 spiro atoms. The van der Waals surface area contributed by atoms with Crippen molar-refractivity contribution in [2.24, 2.45) is 0 Å². The van der Waals surface area contributed by atoms with Gasteiger partial charge in [0.15, 0.2) is 0 Å². The molecule has 0 aliphatic heterocycles. The maximum Gasteiger partial charge on any atom is 0.117 e. The largest absolute Gasteiger partial charge is 0.309 e. The molecule has 0 saturated heterocycles. The van der Waals surface area contributed by atoms with Crippen LogP contribution in [0.5, 0.6) is 0 Å². The highest BCUT2D eigenvalue weighted by Gasteiger charge is 2.14. The van der Waals surface area contributed by atoms with Crippen LogP contribution in [0, 0.1) is 0 Å². The van der Waals surface area contributed by atoms with Crippen molar-refractivity contribution in [3.63, 3.8) is 0 Å². The summed E-state index contributed by atoms with van der Waals surface area (Å²) in [5.74, 6) is 0. The molecule has 3 aromatic rings. The van der Waals surface area contributed by atoms with E-state index in [4.69, 9.17) is 21.8 Å². The summed E-state index contributed by atoms with van der Waals surface area (Å²) in [4.78, 5) is 1.76. The van der Waals surface area contributed by atoms with Crippen molar-refractivity contribution in [2.45, 2.75) is 39.4 Å². The van der Waals surface area contributed by atoms with E-state index in [-0.39, 0.29) is 0 Å². The molecule has 1 N–H and O–H groups in total. The summed E-state index contributed by atoms with van der Waals surface area (Å²) in [5.41, 5.74) is 4.12. The molecule has 1 atom stereocenters. The number of rotatable bonds is 7. The van der Waals surface area contributed by atoms with Crippen LogP contribution in [0.25, 0.3) is 11.3 Å². The van der Waals surface area contributed by atoms with Gasteiger partial charge in [-0.1, -0.05) is 61.0 Å². The zero-order valence-corrected chi connectivity index (χ0v) is 15.4. The fourth-order valence-electron chi connectivity index (χ4n) is 2.56. The quantitative estimate of drug-likeness (QED) is 0.677. The lowest BCUT2D eigenvalue weighted by molar-refractivity contribution is 0.520. The molecule has 0 bridgehead atoms. The molecular weight excluding hydrogens is 332 g/mol. The maximum atomic E-state index is 5.96. The normalized spacial score (nSPS) is 12.3. The van der Waals surface area contributed by atoms with Gasteiger partial charge >= 0.3 is 0 Å². The van der Waals surface area contributed by atoms with Gasteiger partial charge in [0.05, 0.1) is 6.54 Å². The van der Waals surface area contributed by atoms with Gasteiger partial charge in [0.1, 0.15) is 11.4 Å². The minimum atomic E-state index is 0.449. The van der Waals surface area contributed by atoms with Crippen LogP contribution in [0.4, 0.5) is 0 Å². The lowest BCUT2D eigenvalue weighted by atomic mass is 10.1. The van der Waals surface area contributed by atoms with E-state index in [9.17, 15) is 0 Å². The second kappa shape index (κ2) is 8.28. The van der Waals surface area contributed by atoms with Crippen LogP contribution in [0.15, 0.2) is 54.6 Å². The van der Waals surface area contributed by atoms with Crippen molar-refractivity contribution in [1.29, 1.82) is 0 Å². The Morgan fingerprint density at radius 2 is 1.76 bits per heavy atom. The third-order valence-corrected chi connectivity index (χ3v) is 4.49. The first-order valence-electron chi connectivity index (χ1n) is 8.63. The van der Waals surface area contributed by atoms with Crippen LogP contribution in [0.1, 0.15) is 31.5 Å². The van der Waals surface area contributed by atoms with Gasteiger partial charge in [-0.25, -0.2) is 0 Å². The van der Waals surface area contributed by atoms with Gasteiger partial charge < -0.3 is 5.32 Å². The number of halogens is 1. The molecule has 2 aromatic carbocycles. The Hall–Kier alpha value is -2.17. The lowest BCUT2D eigenvalue weighted by Gasteiger charge is -2.10. The van der Waals surface area contributed by atoms with Gasteiger partial charge in [0.2, 0.25) is 0 Å². The molecule has 0 aliphatic carbocycles. The minimum absolute atomic E-state index is 0.449. The average Bonchev–Trinajstić information content (AvgIpc) is 3.05. The molecule has 25 heavy (non-hydrogen) atoms. The summed E-state index contributed by atoms with van der Waals surface area (Å²) in [6.45, 7) is 5.69. The number of aromatic nitrogens is 3. The smallest absolute Gasteiger partial charge is 0.117 e. The van der Waals surface area contributed by atoms with Gasteiger partial charge in [-0.2, -0.15) is 15.0 Å². The molecule has 3 rings (SSSR count). The molecule has 130 valence electrons. The first-order valence-corrected chi connectivity index (χ1v) is 9.00. The number of nitrogens with zero attached hydrogens (tertiary/aromatic N) is 3. The highest BCUT2D eigenvalue weighted by atomic mass is 35.5. The number of nitrogens with one attached hydrogen (secondary N) is 1. The molecule has 4 nitrogen and oxygen atoms in total. The number of hydrogen-bond acceptors (Lipinski definition) is 3. The van der Waals surface area contributed by atoms with E-state index in [1.54, 1.807) is 4.80 Å². The van der Waals surface area contributed by atoms with Crippen molar-refractivity contribution in [2.75, 3.05) is 0 Å². The van der Waals surface area contributed by atoms with Gasteiger partial charge in [-0.3, -0.25) is 0 Å². The van der Waals surface area contributed by atoms with E-state index in [0.717, 1.165) is 34.0 Å². The summed E-state index contributed by atoms with van der Waals surface area (Å²) in [6.07, 6.45) is 1.08. The Balaban J connectivity index is 1.86.